The average molecular weight is 423 g/mol. The Morgan fingerprint density at radius 2 is 1.96 bits per heavy atom. The van der Waals surface area contributed by atoms with E-state index in [0.29, 0.717) is 21.5 Å². The number of rotatable bonds is 4. The van der Waals surface area contributed by atoms with E-state index in [1.165, 1.54) is 5.56 Å². The fourth-order valence-electron chi connectivity index (χ4n) is 3.23. The second-order valence-electron chi connectivity index (χ2n) is 6.35. The van der Waals surface area contributed by atoms with Crippen LogP contribution in [0.15, 0.2) is 59.5 Å². The lowest BCUT2D eigenvalue weighted by atomic mass is 10.1. The van der Waals surface area contributed by atoms with E-state index < -0.39 is 0 Å². The van der Waals surface area contributed by atoms with Gasteiger partial charge >= 0.3 is 0 Å². The molecule has 6 heteroatoms. The molecule has 0 spiro atoms. The van der Waals surface area contributed by atoms with Crippen LogP contribution in [0.4, 0.5) is 11.5 Å². The second kappa shape index (κ2) is 7.04. The number of nitrogens with zero attached hydrogens (tertiary/aromatic N) is 3. The Hall–Kier alpha value is -2.86. The van der Waals surface area contributed by atoms with Crippen molar-refractivity contribution >= 4 is 33.1 Å². The maximum absolute atomic E-state index is 10.4. The molecule has 0 aliphatic heterocycles. The largest absolute Gasteiger partial charge is 0.507 e. The van der Waals surface area contributed by atoms with Crippen LogP contribution in [0, 0.1) is 6.92 Å². The van der Waals surface area contributed by atoms with Gasteiger partial charge < -0.3 is 10.4 Å². The van der Waals surface area contributed by atoms with Crippen LogP contribution < -0.4 is 5.32 Å². The number of halogens is 1. The number of aromatic nitrogens is 3. The number of aryl methyl sites for hydroxylation is 2. The highest BCUT2D eigenvalue weighted by molar-refractivity contribution is 9.10. The molecule has 27 heavy (non-hydrogen) atoms. The topological polar surface area (TPSA) is 62.5 Å². The molecule has 2 aromatic heterocycles. The monoisotopic (exact) mass is 422 g/mol. The Morgan fingerprint density at radius 3 is 2.74 bits per heavy atom. The molecule has 0 unspecified atom stereocenters. The molecule has 2 heterocycles. The second-order valence-corrected chi connectivity index (χ2v) is 7.16. The van der Waals surface area contributed by atoms with Crippen molar-refractivity contribution in [3.05, 3.63) is 70.6 Å². The Kier molecular flexibility index (Phi) is 4.58. The summed E-state index contributed by atoms with van der Waals surface area (Å²) in [6.45, 7) is 4.22. The molecule has 0 amide bonds. The van der Waals surface area contributed by atoms with Crippen molar-refractivity contribution in [3.63, 3.8) is 0 Å². The summed E-state index contributed by atoms with van der Waals surface area (Å²) < 4.78 is 2.66. The van der Waals surface area contributed by atoms with E-state index in [2.05, 4.69) is 58.3 Å². The quantitative estimate of drug-likeness (QED) is 0.457. The Morgan fingerprint density at radius 1 is 1.15 bits per heavy atom. The summed E-state index contributed by atoms with van der Waals surface area (Å²) >= 11 is 3.44. The third-order valence-electron chi connectivity index (χ3n) is 4.62. The highest BCUT2D eigenvalue weighted by atomic mass is 79.9. The van der Waals surface area contributed by atoms with Gasteiger partial charge in [-0.1, -0.05) is 37.3 Å². The average Bonchev–Trinajstić information content (AvgIpc) is 3.01. The van der Waals surface area contributed by atoms with Gasteiger partial charge in [0.05, 0.1) is 6.20 Å². The molecular weight excluding hydrogens is 404 g/mol. The number of benzene rings is 2. The summed E-state index contributed by atoms with van der Waals surface area (Å²) in [6.07, 6.45) is 4.49. The molecule has 0 saturated carbocycles. The van der Waals surface area contributed by atoms with Gasteiger partial charge in [0.2, 0.25) is 0 Å². The maximum atomic E-state index is 10.4. The van der Waals surface area contributed by atoms with Crippen molar-refractivity contribution < 1.29 is 5.11 Å². The van der Waals surface area contributed by atoms with Crippen LogP contribution >= 0.6 is 15.9 Å². The van der Waals surface area contributed by atoms with E-state index in [1.807, 2.05) is 22.7 Å². The molecule has 0 bridgehead atoms. The van der Waals surface area contributed by atoms with E-state index in [-0.39, 0.29) is 5.75 Å². The first-order valence-corrected chi connectivity index (χ1v) is 9.55. The van der Waals surface area contributed by atoms with E-state index in [9.17, 15) is 5.11 Å². The predicted octanol–water partition coefficient (Wildman–Crippen LogP) is 5.48. The van der Waals surface area contributed by atoms with Crippen LogP contribution in [0.1, 0.15) is 18.1 Å². The summed E-state index contributed by atoms with van der Waals surface area (Å²) in [5.41, 5.74) is 5.49. The summed E-state index contributed by atoms with van der Waals surface area (Å²) in [5, 5.41) is 14.0. The zero-order valence-electron chi connectivity index (χ0n) is 15.1. The highest BCUT2D eigenvalue weighted by Gasteiger charge is 2.19. The number of aromatic hydroxyl groups is 1. The fraction of sp³-hybridized carbons (Fsp3) is 0.143. The zero-order valence-corrected chi connectivity index (χ0v) is 16.7. The number of fused-ring (bicyclic) bond motifs is 1. The molecule has 2 aromatic carbocycles. The number of para-hydroxylation sites is 2. The first-order valence-electron chi connectivity index (χ1n) is 8.76. The summed E-state index contributed by atoms with van der Waals surface area (Å²) in [6, 6.07) is 13.5. The molecule has 0 saturated heterocycles. The predicted molar refractivity (Wildman–Crippen MR) is 112 cm³/mol. The van der Waals surface area contributed by atoms with Gasteiger partial charge in [-0.2, -0.15) is 0 Å². The number of phenols is 1. The minimum atomic E-state index is 0.191. The van der Waals surface area contributed by atoms with Crippen LogP contribution in [0.3, 0.4) is 0 Å². The standard InChI is InChI=1S/C21H19BrN4O/c1-3-14-8-6-7-13(2)19(14)25-21-20(15-9-4-5-10-16(15)27)24-18-11-23-17(22)12-26(18)21/h4-12,25,27H,3H2,1-2H3. The van der Waals surface area contributed by atoms with Gasteiger partial charge in [-0.05, 0) is 52.5 Å². The molecule has 136 valence electrons. The number of hydrogen-bond acceptors (Lipinski definition) is 4. The number of hydrogen-bond donors (Lipinski definition) is 2. The van der Waals surface area contributed by atoms with Crippen molar-refractivity contribution in [1.82, 2.24) is 14.4 Å². The van der Waals surface area contributed by atoms with Crippen LogP contribution in [0.5, 0.6) is 5.75 Å². The van der Waals surface area contributed by atoms with Gasteiger partial charge in [0, 0.05) is 17.4 Å². The first kappa shape index (κ1) is 17.5. The Bertz CT molecular complexity index is 1140. The van der Waals surface area contributed by atoms with Gasteiger partial charge in [0.25, 0.3) is 0 Å². The van der Waals surface area contributed by atoms with Gasteiger partial charge in [-0.3, -0.25) is 4.40 Å². The molecule has 2 N–H and O–H groups in total. The highest BCUT2D eigenvalue weighted by Crippen LogP contribution is 2.37. The number of nitrogens with one attached hydrogen (secondary N) is 1. The van der Waals surface area contributed by atoms with Gasteiger partial charge in [-0.25, -0.2) is 9.97 Å². The molecule has 0 fully saturated rings. The molecule has 4 aromatic rings. The van der Waals surface area contributed by atoms with Gasteiger partial charge in [0.1, 0.15) is 21.9 Å². The first-order chi connectivity index (χ1) is 13.1. The summed E-state index contributed by atoms with van der Waals surface area (Å²) in [5.74, 6) is 0.982. The van der Waals surface area contributed by atoms with E-state index >= 15 is 0 Å². The number of phenolic OH excluding ortho intramolecular Hbond substituents is 1. The van der Waals surface area contributed by atoms with Crippen molar-refractivity contribution in [1.29, 1.82) is 0 Å². The summed E-state index contributed by atoms with van der Waals surface area (Å²) in [7, 11) is 0. The number of imidazole rings is 1. The lowest BCUT2D eigenvalue weighted by Crippen LogP contribution is -2.02. The smallest absolute Gasteiger partial charge is 0.157 e. The number of anilines is 2. The molecule has 0 aliphatic carbocycles. The lowest BCUT2D eigenvalue weighted by molar-refractivity contribution is 0.477. The van der Waals surface area contributed by atoms with Crippen molar-refractivity contribution in [3.8, 4) is 17.0 Å². The van der Waals surface area contributed by atoms with Gasteiger partial charge in [0.15, 0.2) is 5.65 Å². The van der Waals surface area contributed by atoms with Crippen LogP contribution in [0.25, 0.3) is 16.9 Å². The Labute approximate surface area is 165 Å². The van der Waals surface area contributed by atoms with E-state index in [1.54, 1.807) is 18.3 Å². The van der Waals surface area contributed by atoms with Gasteiger partial charge in [-0.15, -0.1) is 0 Å². The van der Waals surface area contributed by atoms with Crippen molar-refractivity contribution in [2.45, 2.75) is 20.3 Å². The molecular formula is C21H19BrN4O. The van der Waals surface area contributed by atoms with E-state index in [0.717, 1.165) is 23.5 Å². The lowest BCUT2D eigenvalue weighted by Gasteiger charge is -2.15. The molecule has 0 radical (unpaired) electrons. The molecule has 4 rings (SSSR count). The molecule has 0 atom stereocenters. The Balaban J connectivity index is 1.98. The summed E-state index contributed by atoms with van der Waals surface area (Å²) in [4.78, 5) is 9.00. The van der Waals surface area contributed by atoms with Crippen molar-refractivity contribution in [2.24, 2.45) is 0 Å². The normalized spacial score (nSPS) is 11.1. The maximum Gasteiger partial charge on any atom is 0.157 e. The molecule has 0 aliphatic rings. The SMILES string of the molecule is CCc1cccc(C)c1Nc1c(-c2ccccc2O)nc2cnc(Br)cn12. The van der Waals surface area contributed by atoms with Crippen molar-refractivity contribution in [2.75, 3.05) is 5.32 Å². The fourth-order valence-corrected chi connectivity index (χ4v) is 3.54. The minimum Gasteiger partial charge on any atom is -0.507 e. The van der Waals surface area contributed by atoms with Crippen LogP contribution in [-0.4, -0.2) is 19.5 Å². The zero-order chi connectivity index (χ0) is 19.0. The third kappa shape index (κ3) is 3.17. The van der Waals surface area contributed by atoms with Crippen LogP contribution in [0.2, 0.25) is 0 Å². The van der Waals surface area contributed by atoms with Crippen LogP contribution in [-0.2, 0) is 6.42 Å². The minimum absolute atomic E-state index is 0.191. The third-order valence-corrected chi connectivity index (χ3v) is 5.03. The van der Waals surface area contributed by atoms with E-state index in [4.69, 9.17) is 4.98 Å². The molecule has 5 nitrogen and oxygen atoms in total.